The van der Waals surface area contributed by atoms with Gasteiger partial charge in [0.1, 0.15) is 11.9 Å². The van der Waals surface area contributed by atoms with E-state index in [-0.39, 0.29) is 29.6 Å². The largest absolute Gasteiger partial charge is 0.508 e. The number of fused-ring (bicyclic) bond motifs is 1. The molecule has 1 heterocycles. The third kappa shape index (κ3) is 4.12. The summed E-state index contributed by atoms with van der Waals surface area (Å²) in [6, 6.07) is 5.04. The van der Waals surface area contributed by atoms with Gasteiger partial charge in [-0.15, -0.1) is 0 Å². The van der Waals surface area contributed by atoms with E-state index in [2.05, 4.69) is 0 Å². The van der Waals surface area contributed by atoms with Crippen LogP contribution in [-0.4, -0.2) is 34.5 Å². The SMILES string of the molecule is O=C(OC1CCCCC1)C1CCC(CN2Cc3ccc(O)cc3C2=O)CC1. The number of hydrogen-bond acceptors (Lipinski definition) is 4. The molecule has 0 atom stereocenters. The van der Waals surface area contributed by atoms with Gasteiger partial charge in [0.2, 0.25) is 0 Å². The molecule has 0 unspecified atom stereocenters. The van der Waals surface area contributed by atoms with Gasteiger partial charge in [0, 0.05) is 18.7 Å². The second-order valence-corrected chi connectivity index (χ2v) is 8.44. The zero-order valence-corrected chi connectivity index (χ0v) is 15.9. The summed E-state index contributed by atoms with van der Waals surface area (Å²) in [6.45, 7) is 1.36. The van der Waals surface area contributed by atoms with Gasteiger partial charge in [-0.2, -0.15) is 0 Å². The quantitative estimate of drug-likeness (QED) is 0.812. The van der Waals surface area contributed by atoms with Crippen LogP contribution in [-0.2, 0) is 16.1 Å². The molecule has 0 bridgehead atoms. The first kappa shape index (κ1) is 18.3. The fourth-order valence-corrected chi connectivity index (χ4v) is 4.83. The zero-order chi connectivity index (χ0) is 18.8. The van der Waals surface area contributed by atoms with E-state index in [1.54, 1.807) is 12.1 Å². The van der Waals surface area contributed by atoms with E-state index < -0.39 is 0 Å². The van der Waals surface area contributed by atoms with Crippen LogP contribution in [0.3, 0.4) is 0 Å². The third-order valence-electron chi connectivity index (χ3n) is 6.47. The molecule has 1 N–H and O–H groups in total. The number of rotatable bonds is 4. The zero-order valence-electron chi connectivity index (χ0n) is 15.9. The Hall–Kier alpha value is -2.04. The van der Waals surface area contributed by atoms with E-state index in [0.717, 1.165) is 50.6 Å². The van der Waals surface area contributed by atoms with Gasteiger partial charge in [0.05, 0.1) is 5.92 Å². The van der Waals surface area contributed by atoms with Crippen LogP contribution in [0, 0.1) is 11.8 Å². The van der Waals surface area contributed by atoms with Crippen molar-refractivity contribution < 1.29 is 19.4 Å². The van der Waals surface area contributed by atoms with Crippen LogP contribution >= 0.6 is 0 Å². The van der Waals surface area contributed by atoms with E-state index in [0.29, 0.717) is 18.0 Å². The first-order valence-corrected chi connectivity index (χ1v) is 10.4. The average molecular weight is 371 g/mol. The first-order valence-electron chi connectivity index (χ1n) is 10.4. The Kier molecular flexibility index (Phi) is 5.37. The summed E-state index contributed by atoms with van der Waals surface area (Å²) in [5.41, 5.74) is 1.61. The summed E-state index contributed by atoms with van der Waals surface area (Å²) in [7, 11) is 0. The normalized spacial score (nSPS) is 26.1. The molecule has 1 aliphatic heterocycles. The second-order valence-electron chi connectivity index (χ2n) is 8.44. The molecule has 1 amide bonds. The smallest absolute Gasteiger partial charge is 0.309 e. The van der Waals surface area contributed by atoms with Crippen molar-refractivity contribution in [2.75, 3.05) is 6.54 Å². The lowest BCUT2D eigenvalue weighted by Crippen LogP contribution is -2.34. The molecule has 1 aromatic rings. The standard InChI is InChI=1S/C22H29NO4/c24-18-11-10-17-14-23(21(25)20(17)12-18)13-15-6-8-16(9-7-15)22(26)27-19-4-2-1-3-5-19/h10-12,15-16,19,24H,1-9,13-14H2. The van der Waals surface area contributed by atoms with Crippen LogP contribution < -0.4 is 0 Å². The molecule has 2 fully saturated rings. The molecule has 0 spiro atoms. The van der Waals surface area contributed by atoms with Crippen molar-refractivity contribution in [2.45, 2.75) is 70.4 Å². The predicted molar refractivity (Wildman–Crippen MR) is 101 cm³/mol. The van der Waals surface area contributed by atoms with Crippen molar-refractivity contribution in [1.29, 1.82) is 0 Å². The van der Waals surface area contributed by atoms with Crippen molar-refractivity contribution >= 4 is 11.9 Å². The molecular weight excluding hydrogens is 342 g/mol. The van der Waals surface area contributed by atoms with Gasteiger partial charge in [-0.05, 0) is 75.0 Å². The number of benzene rings is 1. The van der Waals surface area contributed by atoms with Gasteiger partial charge in [-0.3, -0.25) is 9.59 Å². The molecule has 1 aromatic carbocycles. The van der Waals surface area contributed by atoms with Gasteiger partial charge in [0.25, 0.3) is 5.91 Å². The fraction of sp³-hybridized carbons (Fsp3) is 0.636. The molecule has 2 saturated carbocycles. The topological polar surface area (TPSA) is 66.8 Å². The van der Waals surface area contributed by atoms with Gasteiger partial charge < -0.3 is 14.7 Å². The maximum absolute atomic E-state index is 12.6. The molecule has 3 aliphatic rings. The van der Waals surface area contributed by atoms with Gasteiger partial charge in [0.15, 0.2) is 0 Å². The molecule has 0 saturated heterocycles. The number of ether oxygens (including phenoxy) is 1. The number of nitrogens with zero attached hydrogens (tertiary/aromatic N) is 1. The van der Waals surface area contributed by atoms with Crippen molar-refractivity contribution in [3.63, 3.8) is 0 Å². The summed E-state index contributed by atoms with van der Waals surface area (Å²) < 4.78 is 5.74. The highest BCUT2D eigenvalue weighted by Gasteiger charge is 2.33. The summed E-state index contributed by atoms with van der Waals surface area (Å²) in [4.78, 5) is 26.9. The highest BCUT2D eigenvalue weighted by atomic mass is 16.5. The second kappa shape index (κ2) is 7.91. The van der Waals surface area contributed by atoms with Crippen molar-refractivity contribution in [1.82, 2.24) is 4.90 Å². The molecule has 0 aromatic heterocycles. The number of esters is 1. The number of phenols is 1. The molecule has 146 valence electrons. The van der Waals surface area contributed by atoms with Crippen LogP contribution in [0.1, 0.15) is 73.7 Å². The lowest BCUT2D eigenvalue weighted by molar-refractivity contribution is -0.157. The highest BCUT2D eigenvalue weighted by molar-refractivity contribution is 5.98. The Bertz CT molecular complexity index is 702. The minimum atomic E-state index is 0.000444. The van der Waals surface area contributed by atoms with Crippen LogP contribution in [0.2, 0.25) is 0 Å². The molecule has 5 nitrogen and oxygen atoms in total. The van der Waals surface area contributed by atoms with E-state index >= 15 is 0 Å². The Balaban J connectivity index is 1.25. The predicted octanol–water partition coefficient (Wildman–Crippen LogP) is 4.03. The molecule has 0 radical (unpaired) electrons. The Morgan fingerprint density at radius 2 is 1.81 bits per heavy atom. The highest BCUT2D eigenvalue weighted by Crippen LogP contribution is 2.34. The monoisotopic (exact) mass is 371 g/mol. The summed E-state index contributed by atoms with van der Waals surface area (Å²) >= 11 is 0. The number of aromatic hydroxyl groups is 1. The van der Waals surface area contributed by atoms with Crippen molar-refractivity contribution in [3.05, 3.63) is 29.3 Å². The van der Waals surface area contributed by atoms with Gasteiger partial charge in [-0.25, -0.2) is 0 Å². The van der Waals surface area contributed by atoms with Crippen LogP contribution in [0.15, 0.2) is 18.2 Å². The lowest BCUT2D eigenvalue weighted by Gasteiger charge is -2.31. The van der Waals surface area contributed by atoms with E-state index in [9.17, 15) is 14.7 Å². The summed E-state index contributed by atoms with van der Waals surface area (Å²) in [6.07, 6.45) is 9.47. The molecule has 5 heteroatoms. The van der Waals surface area contributed by atoms with E-state index in [1.165, 1.54) is 19.3 Å². The Morgan fingerprint density at radius 3 is 2.56 bits per heavy atom. The van der Waals surface area contributed by atoms with E-state index in [1.807, 2.05) is 11.0 Å². The third-order valence-corrected chi connectivity index (χ3v) is 6.47. The maximum Gasteiger partial charge on any atom is 0.309 e. The number of hydrogen-bond donors (Lipinski definition) is 1. The Morgan fingerprint density at radius 1 is 1.07 bits per heavy atom. The lowest BCUT2D eigenvalue weighted by atomic mass is 9.81. The van der Waals surface area contributed by atoms with Crippen molar-refractivity contribution in [2.24, 2.45) is 11.8 Å². The number of carbonyl (C=O) groups is 2. The van der Waals surface area contributed by atoms with Crippen LogP contribution in [0.5, 0.6) is 5.75 Å². The first-order chi connectivity index (χ1) is 13.1. The molecule has 4 rings (SSSR count). The number of carbonyl (C=O) groups excluding carboxylic acids is 2. The number of amides is 1. The Labute approximate surface area is 160 Å². The van der Waals surface area contributed by atoms with E-state index in [4.69, 9.17) is 4.74 Å². The number of phenolic OH excluding ortho intramolecular Hbond substituents is 1. The van der Waals surface area contributed by atoms with Gasteiger partial charge >= 0.3 is 5.97 Å². The fourth-order valence-electron chi connectivity index (χ4n) is 4.83. The average Bonchev–Trinajstić information content (AvgIpc) is 2.98. The minimum Gasteiger partial charge on any atom is -0.508 e. The minimum absolute atomic E-state index is 0.000444. The van der Waals surface area contributed by atoms with Crippen molar-refractivity contribution in [3.8, 4) is 5.75 Å². The summed E-state index contributed by atoms with van der Waals surface area (Å²) in [5.74, 6) is 0.628. The van der Waals surface area contributed by atoms with Crippen LogP contribution in [0.4, 0.5) is 0 Å². The molecular formula is C22H29NO4. The molecule has 27 heavy (non-hydrogen) atoms. The van der Waals surface area contributed by atoms with Crippen LogP contribution in [0.25, 0.3) is 0 Å². The summed E-state index contributed by atoms with van der Waals surface area (Å²) in [5, 5.41) is 9.61. The van der Waals surface area contributed by atoms with Gasteiger partial charge in [-0.1, -0.05) is 12.5 Å². The maximum atomic E-state index is 12.6. The molecule has 2 aliphatic carbocycles.